The van der Waals surface area contributed by atoms with Crippen molar-refractivity contribution in [2.24, 2.45) is 4.99 Å². The number of aromatic amines is 1. The molecule has 2 aliphatic heterocycles. The summed E-state index contributed by atoms with van der Waals surface area (Å²) >= 11 is 0. The van der Waals surface area contributed by atoms with Gasteiger partial charge < -0.3 is 15.2 Å². The van der Waals surface area contributed by atoms with E-state index >= 15 is 0 Å². The predicted octanol–water partition coefficient (Wildman–Crippen LogP) is 0.876. The Morgan fingerprint density at radius 2 is 1.97 bits per heavy atom. The van der Waals surface area contributed by atoms with E-state index in [2.05, 4.69) is 15.6 Å². The molecule has 1 unspecified atom stereocenters. The molecule has 0 radical (unpaired) electrons. The second kappa shape index (κ2) is 7.49. The Labute approximate surface area is 182 Å². The van der Waals surface area contributed by atoms with Crippen LogP contribution in [-0.4, -0.2) is 54.6 Å². The van der Waals surface area contributed by atoms with Gasteiger partial charge in [-0.1, -0.05) is 18.2 Å². The SMILES string of the molecule is CC1NC(=O)c2cc(-c3cccc4c3=N[C@H](NC(C)(C)C)N(CCS(C)(=O)=O)C=4)[nH]c21. The summed E-state index contributed by atoms with van der Waals surface area (Å²) in [4.78, 5) is 22.5. The van der Waals surface area contributed by atoms with Crippen LogP contribution in [0.15, 0.2) is 29.3 Å². The van der Waals surface area contributed by atoms with Crippen molar-refractivity contribution in [2.75, 3.05) is 18.6 Å². The number of carbonyl (C=O) groups excluding carboxylic acids is 1. The van der Waals surface area contributed by atoms with Gasteiger partial charge in [0.05, 0.1) is 28.4 Å². The van der Waals surface area contributed by atoms with Gasteiger partial charge in [0.2, 0.25) is 0 Å². The first-order valence-electron chi connectivity index (χ1n) is 10.4. The summed E-state index contributed by atoms with van der Waals surface area (Å²) in [5.41, 5.74) is 3.08. The van der Waals surface area contributed by atoms with Crippen LogP contribution >= 0.6 is 0 Å². The van der Waals surface area contributed by atoms with E-state index in [1.54, 1.807) is 0 Å². The highest BCUT2D eigenvalue weighted by Gasteiger charge is 2.29. The highest BCUT2D eigenvalue weighted by Crippen LogP contribution is 2.28. The summed E-state index contributed by atoms with van der Waals surface area (Å²) in [6.07, 6.45) is 2.81. The van der Waals surface area contributed by atoms with Crippen molar-refractivity contribution in [1.82, 2.24) is 20.5 Å². The van der Waals surface area contributed by atoms with E-state index < -0.39 is 16.1 Å². The number of H-pyrrole nitrogens is 1. The standard InChI is InChI=1S/C22H29N5O3S/c1-13-18-16(20(28)23-13)11-17(24-18)15-8-6-7-14-12-27(9-10-31(5,29)30)21(25-19(14)15)26-22(2,3)4/h6-8,11-13,21,24,26H,9-10H2,1-5H3,(H,23,28)/t13?,21-/m1/s1. The number of amides is 1. The van der Waals surface area contributed by atoms with E-state index in [0.29, 0.717) is 12.1 Å². The molecule has 2 atom stereocenters. The molecule has 3 heterocycles. The number of hydrogen-bond acceptors (Lipinski definition) is 6. The predicted molar refractivity (Wildman–Crippen MR) is 120 cm³/mol. The molecule has 8 nitrogen and oxygen atoms in total. The fourth-order valence-electron chi connectivity index (χ4n) is 3.92. The van der Waals surface area contributed by atoms with Crippen LogP contribution in [0.3, 0.4) is 0 Å². The normalized spacial score (nSPS) is 20.5. The van der Waals surface area contributed by atoms with Crippen molar-refractivity contribution in [1.29, 1.82) is 0 Å². The number of para-hydroxylation sites is 1. The van der Waals surface area contributed by atoms with E-state index in [1.165, 1.54) is 6.26 Å². The lowest BCUT2D eigenvalue weighted by Crippen LogP contribution is -2.55. The van der Waals surface area contributed by atoms with Gasteiger partial charge in [-0.15, -0.1) is 0 Å². The van der Waals surface area contributed by atoms with Crippen LogP contribution in [0.5, 0.6) is 0 Å². The first kappa shape index (κ1) is 21.6. The van der Waals surface area contributed by atoms with E-state index in [1.807, 2.05) is 63.1 Å². The monoisotopic (exact) mass is 443 g/mol. The third kappa shape index (κ3) is 4.52. The van der Waals surface area contributed by atoms with Gasteiger partial charge in [-0.2, -0.15) is 0 Å². The molecule has 0 fully saturated rings. The molecule has 166 valence electrons. The molecule has 2 aromatic rings. The Hall–Kier alpha value is -2.65. The Balaban J connectivity index is 1.80. The largest absolute Gasteiger partial charge is 0.356 e. The summed E-state index contributed by atoms with van der Waals surface area (Å²) < 4.78 is 23.5. The Kier molecular flexibility index (Phi) is 5.21. The minimum Gasteiger partial charge on any atom is -0.356 e. The molecule has 0 saturated heterocycles. The highest BCUT2D eigenvalue weighted by molar-refractivity contribution is 7.90. The number of benzene rings is 1. The maximum absolute atomic E-state index is 12.2. The quantitative estimate of drug-likeness (QED) is 0.636. The molecule has 2 aliphatic rings. The Bertz CT molecular complexity index is 1260. The number of rotatable bonds is 5. The van der Waals surface area contributed by atoms with Crippen LogP contribution < -0.4 is 21.2 Å². The Morgan fingerprint density at radius 1 is 1.23 bits per heavy atom. The fraction of sp³-hybridized carbons (Fsp3) is 0.455. The second-order valence-electron chi connectivity index (χ2n) is 9.34. The zero-order valence-corrected chi connectivity index (χ0v) is 19.3. The zero-order valence-electron chi connectivity index (χ0n) is 18.5. The van der Waals surface area contributed by atoms with Gasteiger partial charge in [-0.05, 0) is 33.8 Å². The molecule has 4 rings (SSSR count). The molecule has 9 heteroatoms. The number of fused-ring (bicyclic) bond motifs is 2. The molecule has 0 aliphatic carbocycles. The van der Waals surface area contributed by atoms with E-state index in [-0.39, 0.29) is 23.2 Å². The number of carbonyl (C=O) groups is 1. The van der Waals surface area contributed by atoms with E-state index in [4.69, 9.17) is 4.99 Å². The maximum atomic E-state index is 12.2. The number of sulfone groups is 1. The van der Waals surface area contributed by atoms with Gasteiger partial charge >= 0.3 is 0 Å². The summed E-state index contributed by atoms with van der Waals surface area (Å²) in [6, 6.07) is 7.72. The molecule has 0 bridgehead atoms. The average Bonchev–Trinajstić information content (AvgIpc) is 3.19. The van der Waals surface area contributed by atoms with Crippen molar-refractivity contribution in [3.8, 4) is 11.3 Å². The van der Waals surface area contributed by atoms with Crippen LogP contribution in [0.4, 0.5) is 0 Å². The summed E-state index contributed by atoms with van der Waals surface area (Å²) in [5, 5.41) is 8.10. The minimum absolute atomic E-state index is 0.0483. The maximum Gasteiger partial charge on any atom is 0.253 e. The lowest BCUT2D eigenvalue weighted by Gasteiger charge is -2.35. The molecule has 0 spiro atoms. The number of hydrogen-bond donors (Lipinski definition) is 3. The van der Waals surface area contributed by atoms with E-state index in [0.717, 1.165) is 27.5 Å². The first-order chi connectivity index (χ1) is 14.4. The second-order valence-corrected chi connectivity index (χ2v) is 11.6. The number of aromatic nitrogens is 1. The average molecular weight is 444 g/mol. The molecule has 1 amide bonds. The number of nitrogens with one attached hydrogen (secondary N) is 3. The lowest BCUT2D eigenvalue weighted by atomic mass is 10.1. The molecule has 3 N–H and O–H groups in total. The van der Waals surface area contributed by atoms with Crippen LogP contribution in [0, 0.1) is 0 Å². The van der Waals surface area contributed by atoms with Gasteiger partial charge in [0, 0.05) is 41.0 Å². The van der Waals surface area contributed by atoms with Gasteiger partial charge in [0.1, 0.15) is 9.84 Å². The molecule has 0 saturated carbocycles. The molecular formula is C22H29N5O3S. The van der Waals surface area contributed by atoms with Crippen LogP contribution in [0.25, 0.3) is 17.5 Å². The van der Waals surface area contributed by atoms with Crippen LogP contribution in [-0.2, 0) is 9.84 Å². The van der Waals surface area contributed by atoms with Crippen molar-refractivity contribution >= 4 is 21.9 Å². The van der Waals surface area contributed by atoms with Crippen LogP contribution in [0.2, 0.25) is 0 Å². The zero-order chi connectivity index (χ0) is 22.6. The van der Waals surface area contributed by atoms with Crippen molar-refractivity contribution < 1.29 is 13.2 Å². The first-order valence-corrected chi connectivity index (χ1v) is 12.4. The van der Waals surface area contributed by atoms with Gasteiger partial charge in [-0.25, -0.2) is 13.4 Å². The molecule has 31 heavy (non-hydrogen) atoms. The molecule has 1 aromatic carbocycles. The summed E-state index contributed by atoms with van der Waals surface area (Å²) in [6.45, 7) is 8.44. The van der Waals surface area contributed by atoms with Crippen molar-refractivity contribution in [3.05, 3.63) is 46.1 Å². The summed E-state index contributed by atoms with van der Waals surface area (Å²) in [7, 11) is -3.10. The third-order valence-corrected chi connectivity index (χ3v) is 6.31. The number of nitrogens with zero attached hydrogens (tertiary/aromatic N) is 2. The molecular weight excluding hydrogens is 414 g/mol. The lowest BCUT2D eigenvalue weighted by molar-refractivity contribution is 0.0958. The van der Waals surface area contributed by atoms with Gasteiger partial charge in [0.15, 0.2) is 6.29 Å². The fourth-order valence-corrected chi connectivity index (χ4v) is 4.47. The third-order valence-electron chi connectivity index (χ3n) is 5.38. The highest BCUT2D eigenvalue weighted by atomic mass is 32.2. The minimum atomic E-state index is -3.10. The van der Waals surface area contributed by atoms with Crippen molar-refractivity contribution in [3.63, 3.8) is 0 Å². The summed E-state index contributed by atoms with van der Waals surface area (Å²) in [5.74, 6) is -0.0234. The van der Waals surface area contributed by atoms with Crippen molar-refractivity contribution in [2.45, 2.75) is 45.6 Å². The van der Waals surface area contributed by atoms with Gasteiger partial charge in [-0.3, -0.25) is 10.1 Å². The molecule has 1 aromatic heterocycles. The topological polar surface area (TPSA) is 107 Å². The van der Waals surface area contributed by atoms with E-state index in [9.17, 15) is 13.2 Å². The Morgan fingerprint density at radius 3 is 2.61 bits per heavy atom. The van der Waals surface area contributed by atoms with Gasteiger partial charge in [0.25, 0.3) is 5.91 Å². The smallest absolute Gasteiger partial charge is 0.253 e. The van der Waals surface area contributed by atoms with Crippen LogP contribution in [0.1, 0.15) is 49.8 Å².